The normalized spacial score (nSPS) is 9.58. The number of nitrogens with zero attached hydrogens (tertiary/aromatic N) is 1. The van der Waals surface area contributed by atoms with Crippen LogP contribution in [0.3, 0.4) is 0 Å². The molecule has 0 saturated carbocycles. The lowest BCUT2D eigenvalue weighted by molar-refractivity contribution is -0.754. The second-order valence-corrected chi connectivity index (χ2v) is 3.45. The van der Waals surface area contributed by atoms with E-state index in [1.54, 1.807) is 0 Å². The number of aromatic nitrogens is 1. The molecule has 0 amide bonds. The topological polar surface area (TPSA) is 3.88 Å². The van der Waals surface area contributed by atoms with Gasteiger partial charge in [0.05, 0.1) is 0 Å². The molecule has 1 heteroatoms. The van der Waals surface area contributed by atoms with E-state index in [1.807, 2.05) is 18.2 Å². The number of rotatable bonds is 0. The highest BCUT2D eigenvalue weighted by atomic mass is 15.0. The molecular weight excluding hydrogens is 146 g/mol. The molecule has 0 unspecified atom stereocenters. The van der Waals surface area contributed by atoms with Crippen LogP contribution in [0.25, 0.3) is 0 Å². The zero-order valence-electron chi connectivity index (χ0n) is 6.83. The minimum Gasteiger partial charge on any atom is -0.201 e. The van der Waals surface area contributed by atoms with Gasteiger partial charge in [0, 0.05) is 32.9 Å². The van der Waals surface area contributed by atoms with Gasteiger partial charge in [0.15, 0.2) is 17.9 Å². The molecule has 0 aliphatic heterocycles. The molecule has 0 aliphatic carbocycles. The van der Waals surface area contributed by atoms with Gasteiger partial charge in [-0.25, -0.2) is 4.57 Å². The highest BCUT2D eigenvalue weighted by Gasteiger charge is 2.19. The van der Waals surface area contributed by atoms with Crippen molar-refractivity contribution in [2.45, 2.75) is 41.2 Å². The van der Waals surface area contributed by atoms with Crippen molar-refractivity contribution in [1.29, 1.82) is 0 Å². The molecule has 0 atom stereocenters. The van der Waals surface area contributed by atoms with E-state index in [1.165, 1.54) is 0 Å². The van der Waals surface area contributed by atoms with Crippen molar-refractivity contribution in [3.63, 3.8) is 0 Å². The summed E-state index contributed by atoms with van der Waals surface area (Å²) in [6, 6.07) is 6.12. The molecule has 0 radical (unpaired) electrons. The Morgan fingerprint density at radius 3 is 1.50 bits per heavy atom. The average molecular weight is 168 g/mol. The lowest BCUT2D eigenvalue weighted by Crippen LogP contribution is -2.49. The van der Waals surface area contributed by atoms with Crippen LogP contribution in [-0.4, -0.2) is 0 Å². The SMILES string of the molecule is C.C.CC(C)(C)[n+]1ccccc1. The average Bonchev–Trinajstić information content (AvgIpc) is 1.88. The molecule has 0 N–H and O–H groups in total. The lowest BCUT2D eigenvalue weighted by atomic mass is 10.1. The summed E-state index contributed by atoms with van der Waals surface area (Å²) in [6.07, 6.45) is 4.17. The van der Waals surface area contributed by atoms with E-state index in [9.17, 15) is 0 Å². The third kappa shape index (κ3) is 3.51. The molecule has 1 aromatic heterocycles. The van der Waals surface area contributed by atoms with Gasteiger partial charge in [0.1, 0.15) is 0 Å². The van der Waals surface area contributed by atoms with Crippen molar-refractivity contribution in [3.8, 4) is 0 Å². The van der Waals surface area contributed by atoms with Gasteiger partial charge in [-0.1, -0.05) is 20.9 Å². The van der Waals surface area contributed by atoms with Crippen molar-refractivity contribution in [2.75, 3.05) is 0 Å². The molecule has 1 aromatic rings. The molecule has 0 saturated heterocycles. The van der Waals surface area contributed by atoms with Crippen LogP contribution in [0.15, 0.2) is 30.6 Å². The van der Waals surface area contributed by atoms with E-state index < -0.39 is 0 Å². The quantitative estimate of drug-likeness (QED) is 0.524. The summed E-state index contributed by atoms with van der Waals surface area (Å²) in [5.41, 5.74) is 0.210. The first-order chi connectivity index (χ1) is 4.61. The fourth-order valence-corrected chi connectivity index (χ4v) is 0.846. The van der Waals surface area contributed by atoms with Gasteiger partial charge in [0.25, 0.3) is 0 Å². The molecule has 0 bridgehead atoms. The first-order valence-electron chi connectivity index (χ1n) is 3.57. The van der Waals surface area contributed by atoms with Crippen LogP contribution in [0.5, 0.6) is 0 Å². The van der Waals surface area contributed by atoms with Gasteiger partial charge in [-0.05, 0) is 0 Å². The van der Waals surface area contributed by atoms with E-state index in [-0.39, 0.29) is 20.4 Å². The van der Waals surface area contributed by atoms with Gasteiger partial charge in [-0.15, -0.1) is 0 Å². The van der Waals surface area contributed by atoms with Gasteiger partial charge in [-0.3, -0.25) is 0 Å². The van der Waals surface area contributed by atoms with E-state index in [0.717, 1.165) is 0 Å². The summed E-state index contributed by atoms with van der Waals surface area (Å²) in [6.45, 7) is 6.56. The minimum atomic E-state index is 0. The Morgan fingerprint density at radius 1 is 0.833 bits per heavy atom. The second kappa shape index (κ2) is 4.91. The third-order valence-corrected chi connectivity index (χ3v) is 1.49. The Bertz CT molecular complexity index is 196. The Hall–Kier alpha value is -0.850. The van der Waals surface area contributed by atoms with Crippen LogP contribution in [-0.2, 0) is 5.54 Å². The summed E-state index contributed by atoms with van der Waals surface area (Å²) in [5, 5.41) is 0. The third-order valence-electron chi connectivity index (χ3n) is 1.49. The van der Waals surface area contributed by atoms with Crippen LogP contribution in [0.4, 0.5) is 0 Å². The molecule has 1 rings (SSSR count). The molecule has 1 nitrogen and oxygen atoms in total. The van der Waals surface area contributed by atoms with E-state index >= 15 is 0 Å². The fourth-order valence-electron chi connectivity index (χ4n) is 0.846. The van der Waals surface area contributed by atoms with Crippen molar-refractivity contribution >= 4 is 0 Å². The monoisotopic (exact) mass is 168 g/mol. The van der Waals surface area contributed by atoms with E-state index in [0.29, 0.717) is 0 Å². The maximum absolute atomic E-state index is 2.19. The highest BCUT2D eigenvalue weighted by molar-refractivity contribution is 4.84. The number of pyridine rings is 1. The predicted molar refractivity (Wildman–Crippen MR) is 55.1 cm³/mol. The molecule has 0 spiro atoms. The number of hydrogen-bond donors (Lipinski definition) is 0. The van der Waals surface area contributed by atoms with Crippen LogP contribution >= 0.6 is 0 Å². The lowest BCUT2D eigenvalue weighted by Gasteiger charge is -2.11. The summed E-state index contributed by atoms with van der Waals surface area (Å²) >= 11 is 0. The smallest absolute Gasteiger partial charge is 0.169 e. The molecule has 0 aromatic carbocycles. The van der Waals surface area contributed by atoms with Crippen LogP contribution in [0, 0.1) is 0 Å². The van der Waals surface area contributed by atoms with E-state index in [2.05, 4.69) is 37.7 Å². The first kappa shape index (κ1) is 13.7. The minimum absolute atomic E-state index is 0. The Kier molecular flexibility index (Phi) is 5.62. The summed E-state index contributed by atoms with van der Waals surface area (Å²) in [5.74, 6) is 0. The molecule has 0 aliphatic rings. The van der Waals surface area contributed by atoms with Crippen molar-refractivity contribution in [2.24, 2.45) is 0 Å². The maximum atomic E-state index is 2.19. The largest absolute Gasteiger partial charge is 0.201 e. The zero-order valence-corrected chi connectivity index (χ0v) is 6.83. The first-order valence-corrected chi connectivity index (χ1v) is 3.57. The van der Waals surface area contributed by atoms with Crippen molar-refractivity contribution < 1.29 is 4.57 Å². The van der Waals surface area contributed by atoms with Gasteiger partial charge in [0.2, 0.25) is 0 Å². The summed E-state index contributed by atoms with van der Waals surface area (Å²) < 4.78 is 2.19. The van der Waals surface area contributed by atoms with Crippen LogP contribution in [0.1, 0.15) is 35.6 Å². The molecule has 12 heavy (non-hydrogen) atoms. The van der Waals surface area contributed by atoms with Gasteiger partial charge < -0.3 is 0 Å². The molecule has 1 heterocycles. The Labute approximate surface area is 77.1 Å². The van der Waals surface area contributed by atoms with Crippen LogP contribution < -0.4 is 4.57 Å². The fraction of sp³-hybridized carbons (Fsp3) is 0.545. The predicted octanol–water partition coefficient (Wildman–Crippen LogP) is 3.00. The molecular formula is C11H22N+. The van der Waals surface area contributed by atoms with E-state index in [4.69, 9.17) is 0 Å². The number of hydrogen-bond acceptors (Lipinski definition) is 0. The Balaban J connectivity index is 0. The summed E-state index contributed by atoms with van der Waals surface area (Å²) in [7, 11) is 0. The second-order valence-electron chi connectivity index (χ2n) is 3.45. The summed E-state index contributed by atoms with van der Waals surface area (Å²) in [4.78, 5) is 0. The Morgan fingerprint density at radius 2 is 1.25 bits per heavy atom. The standard InChI is InChI=1S/C9H14N.2CH4/c1-9(2,3)10-7-5-4-6-8-10;;/h4-8H,1-3H3;2*1H4/q+1;;. The van der Waals surface area contributed by atoms with Gasteiger partial charge >= 0.3 is 0 Å². The molecule has 70 valence electrons. The zero-order chi connectivity index (χ0) is 7.61. The van der Waals surface area contributed by atoms with Gasteiger partial charge in [-0.2, -0.15) is 0 Å². The molecule has 0 fully saturated rings. The van der Waals surface area contributed by atoms with Crippen LogP contribution in [0.2, 0.25) is 0 Å². The maximum Gasteiger partial charge on any atom is 0.169 e. The van der Waals surface area contributed by atoms with Crippen molar-refractivity contribution in [3.05, 3.63) is 30.6 Å². The highest BCUT2D eigenvalue weighted by Crippen LogP contribution is 2.01. The van der Waals surface area contributed by atoms with Crippen molar-refractivity contribution in [1.82, 2.24) is 0 Å².